The van der Waals surface area contributed by atoms with Gasteiger partial charge in [0.1, 0.15) is 12.4 Å². The number of pyridine rings is 2. The lowest BCUT2D eigenvalue weighted by atomic mass is 9.85. The molecule has 0 radical (unpaired) electrons. The Kier molecular flexibility index (Phi) is 7.26. The van der Waals surface area contributed by atoms with Gasteiger partial charge in [0, 0.05) is 29.1 Å². The summed E-state index contributed by atoms with van der Waals surface area (Å²) in [6, 6.07) is 3.13. The van der Waals surface area contributed by atoms with Crippen molar-refractivity contribution in [2.45, 2.75) is 78.2 Å². The number of carbonyl (C=O) groups is 2. The first-order valence-corrected chi connectivity index (χ1v) is 13.4. The second-order valence-corrected chi connectivity index (χ2v) is 9.99. The van der Waals surface area contributed by atoms with Crippen LogP contribution in [0.25, 0.3) is 22.3 Å². The fraction of sp³-hybridized carbons (Fsp3) is 0.448. The molecule has 4 aliphatic rings. The first-order chi connectivity index (χ1) is 18.7. The molecule has 0 spiro atoms. The van der Waals surface area contributed by atoms with E-state index >= 15 is 0 Å². The van der Waals surface area contributed by atoms with Crippen LogP contribution in [0.15, 0.2) is 16.9 Å². The third kappa shape index (κ3) is 4.51. The minimum absolute atomic E-state index is 0.0382. The number of piperidine rings is 1. The summed E-state index contributed by atoms with van der Waals surface area (Å²) in [6.07, 6.45) is 1.69. The number of aromatic nitrogens is 2. The van der Waals surface area contributed by atoms with Gasteiger partial charge in [-0.25, -0.2) is 14.2 Å². The maximum absolute atomic E-state index is 14.5. The summed E-state index contributed by atoms with van der Waals surface area (Å²) < 4.78 is 21.1. The molecular weight excluding hydrogens is 505 g/mol. The predicted octanol–water partition coefficient (Wildman–Crippen LogP) is 2.74. The van der Waals surface area contributed by atoms with Crippen LogP contribution < -0.4 is 10.9 Å². The van der Waals surface area contributed by atoms with Crippen LogP contribution in [0.4, 0.5) is 4.39 Å². The van der Waals surface area contributed by atoms with Gasteiger partial charge < -0.3 is 24.8 Å². The van der Waals surface area contributed by atoms with Gasteiger partial charge in [0.15, 0.2) is 6.10 Å². The molecule has 2 aromatic heterocycles. The number of nitrogens with one attached hydrogen (secondary N) is 1. The fourth-order valence-corrected chi connectivity index (χ4v) is 5.83. The number of cyclic esters (lactones) is 1. The van der Waals surface area contributed by atoms with Gasteiger partial charge in [0.2, 0.25) is 5.91 Å². The molecule has 1 saturated heterocycles. The van der Waals surface area contributed by atoms with E-state index < -0.39 is 18.2 Å². The highest BCUT2D eigenvalue weighted by Crippen LogP contribution is 2.41. The average molecular weight is 538 g/mol. The molecule has 1 fully saturated rings. The van der Waals surface area contributed by atoms with Gasteiger partial charge in [0.25, 0.3) is 5.56 Å². The summed E-state index contributed by atoms with van der Waals surface area (Å²) in [6.45, 7) is 6.67. The minimum atomic E-state index is -1.48. The van der Waals surface area contributed by atoms with E-state index in [0.29, 0.717) is 47.5 Å². The lowest BCUT2D eigenvalue weighted by molar-refractivity contribution is -0.157. The van der Waals surface area contributed by atoms with Crippen molar-refractivity contribution >= 4 is 22.8 Å². The molecule has 1 aromatic carbocycles. The topological polar surface area (TPSA) is 131 Å². The second-order valence-electron chi connectivity index (χ2n) is 9.99. The molecule has 3 N–H and O–H groups in total. The van der Waals surface area contributed by atoms with Gasteiger partial charge in [-0.3, -0.25) is 9.59 Å². The van der Waals surface area contributed by atoms with Gasteiger partial charge in [-0.1, -0.05) is 13.8 Å². The fourth-order valence-electron chi connectivity index (χ4n) is 5.83. The zero-order valence-corrected chi connectivity index (χ0v) is 22.3. The molecule has 1 aliphatic carbocycles. The Bertz CT molecular complexity index is 1560. The van der Waals surface area contributed by atoms with Crippen LogP contribution in [0.2, 0.25) is 0 Å². The van der Waals surface area contributed by atoms with Gasteiger partial charge in [-0.15, -0.1) is 0 Å². The number of rotatable bonds is 0. The van der Waals surface area contributed by atoms with Crippen LogP contribution in [-0.2, 0) is 40.3 Å². The highest BCUT2D eigenvalue weighted by atomic mass is 19.1. The summed E-state index contributed by atoms with van der Waals surface area (Å²) in [4.78, 5) is 40.0. The molecule has 5 heterocycles. The molecule has 3 aromatic rings. The van der Waals surface area contributed by atoms with Crippen molar-refractivity contribution in [3.8, 4) is 11.4 Å². The third-order valence-corrected chi connectivity index (χ3v) is 7.76. The summed E-state index contributed by atoms with van der Waals surface area (Å²) >= 11 is 0. The normalized spacial score (nSPS) is 20.4. The van der Waals surface area contributed by atoms with Crippen molar-refractivity contribution in [3.05, 3.63) is 61.7 Å². The molecule has 3 aliphatic heterocycles. The van der Waals surface area contributed by atoms with E-state index in [1.165, 1.54) is 6.07 Å². The molecule has 2 atom stereocenters. The standard InChI is InChI=1S/C22H17FN2O4.C5H9NO2.C2H6/c1-9-10-3-2-4-11-13-7-25-17(19(13)24-16(18(10)11)6-15(9)23)5-12-14(21(25)27)8-29-22(28)20(12)26;7-4-1-2-6-5(8)3-4;1-2/h5-6,20,26H,2-4,7-8H2,1H3;4,7H,1-3H2,(H,6,8);1-2H3. The Morgan fingerprint density at radius 3 is 2.51 bits per heavy atom. The monoisotopic (exact) mass is 537 g/mol. The second kappa shape index (κ2) is 10.5. The number of carbonyl (C=O) groups excluding carboxylic acids is 2. The number of fused-ring (bicyclic) bond motifs is 5. The van der Waals surface area contributed by atoms with E-state index in [2.05, 4.69) is 5.32 Å². The smallest absolute Gasteiger partial charge is 0.340 e. The lowest BCUT2D eigenvalue weighted by Gasteiger charge is -2.22. The number of hydrogen-bond acceptors (Lipinski definition) is 7. The number of hydrogen-bond donors (Lipinski definition) is 3. The van der Waals surface area contributed by atoms with Crippen molar-refractivity contribution in [1.29, 1.82) is 0 Å². The van der Waals surface area contributed by atoms with Crippen LogP contribution in [-0.4, -0.2) is 44.3 Å². The molecular formula is C29H32FN3O6. The zero-order valence-electron chi connectivity index (χ0n) is 22.3. The van der Waals surface area contributed by atoms with E-state index in [4.69, 9.17) is 14.8 Å². The van der Waals surface area contributed by atoms with E-state index in [-0.39, 0.29) is 35.9 Å². The number of esters is 1. The number of benzene rings is 1. The summed E-state index contributed by atoms with van der Waals surface area (Å²) in [5.74, 6) is -1.07. The van der Waals surface area contributed by atoms with E-state index in [9.17, 15) is 23.9 Å². The van der Waals surface area contributed by atoms with Gasteiger partial charge in [-0.2, -0.15) is 0 Å². The molecule has 1 amide bonds. The van der Waals surface area contributed by atoms with Gasteiger partial charge in [0.05, 0.1) is 41.5 Å². The van der Waals surface area contributed by atoms with Crippen LogP contribution >= 0.6 is 0 Å². The quantitative estimate of drug-likeness (QED) is 0.294. The molecule has 0 bridgehead atoms. The average Bonchev–Trinajstić information content (AvgIpc) is 3.30. The molecule has 7 rings (SSSR count). The Balaban J connectivity index is 0.000000264. The number of ether oxygens (including phenoxy) is 1. The van der Waals surface area contributed by atoms with E-state index in [0.717, 1.165) is 41.3 Å². The van der Waals surface area contributed by atoms with Crippen LogP contribution in [0, 0.1) is 12.7 Å². The maximum Gasteiger partial charge on any atom is 0.340 e. The summed E-state index contributed by atoms with van der Waals surface area (Å²) in [5, 5.41) is 22.7. The number of amides is 1. The number of aliphatic hydroxyl groups excluding tert-OH is 2. The number of aryl methyl sites for hydroxylation is 2. The largest absolute Gasteiger partial charge is 0.458 e. The Labute approximate surface area is 224 Å². The highest BCUT2D eigenvalue weighted by Gasteiger charge is 2.35. The van der Waals surface area contributed by atoms with Crippen molar-refractivity contribution in [3.63, 3.8) is 0 Å². The molecule has 10 heteroatoms. The van der Waals surface area contributed by atoms with Crippen LogP contribution in [0.1, 0.15) is 72.6 Å². The van der Waals surface area contributed by atoms with Crippen molar-refractivity contribution in [2.75, 3.05) is 6.54 Å². The maximum atomic E-state index is 14.5. The van der Waals surface area contributed by atoms with E-state index in [1.54, 1.807) is 17.6 Å². The zero-order chi connectivity index (χ0) is 28.0. The minimum Gasteiger partial charge on any atom is -0.458 e. The molecule has 0 saturated carbocycles. The van der Waals surface area contributed by atoms with Gasteiger partial charge >= 0.3 is 5.97 Å². The van der Waals surface area contributed by atoms with Crippen LogP contribution in [0.3, 0.4) is 0 Å². The highest BCUT2D eigenvalue weighted by molar-refractivity contribution is 5.92. The summed E-state index contributed by atoms with van der Waals surface area (Å²) in [7, 11) is 0. The Hall–Kier alpha value is -3.63. The van der Waals surface area contributed by atoms with Crippen molar-refractivity contribution in [1.82, 2.24) is 14.9 Å². The molecule has 2 unspecified atom stereocenters. The molecule has 9 nitrogen and oxygen atoms in total. The number of nitrogens with zero attached hydrogens (tertiary/aromatic N) is 2. The van der Waals surface area contributed by atoms with Crippen LogP contribution in [0.5, 0.6) is 0 Å². The first-order valence-electron chi connectivity index (χ1n) is 13.4. The Morgan fingerprint density at radius 2 is 1.82 bits per heavy atom. The summed E-state index contributed by atoms with van der Waals surface area (Å²) in [5.41, 5.74) is 5.86. The predicted molar refractivity (Wildman–Crippen MR) is 142 cm³/mol. The van der Waals surface area contributed by atoms with Gasteiger partial charge in [-0.05, 0) is 55.4 Å². The number of aliphatic hydroxyl groups is 2. The molecule has 39 heavy (non-hydrogen) atoms. The van der Waals surface area contributed by atoms with Crippen molar-refractivity contribution in [2.24, 2.45) is 0 Å². The molecule has 206 valence electrons. The first kappa shape index (κ1) is 27.0. The van der Waals surface area contributed by atoms with E-state index in [1.807, 2.05) is 13.8 Å². The Morgan fingerprint density at radius 1 is 1.08 bits per heavy atom. The lowest BCUT2D eigenvalue weighted by Crippen LogP contribution is -2.35. The van der Waals surface area contributed by atoms with Crippen molar-refractivity contribution < 1.29 is 28.9 Å². The SMILES string of the molecule is CC.Cc1c(F)cc2nc3c(c4c2c1CCC4)Cn1c-3cc2c(c1=O)COC(=O)C2O.O=C1CC(O)CCN1. The third-order valence-electron chi connectivity index (χ3n) is 7.76. The number of halogens is 1.